The van der Waals surface area contributed by atoms with E-state index in [-0.39, 0.29) is 11.1 Å². The minimum absolute atomic E-state index is 0.0311. The van der Waals surface area contributed by atoms with Crippen molar-refractivity contribution in [1.29, 1.82) is 0 Å². The van der Waals surface area contributed by atoms with Crippen molar-refractivity contribution in [1.82, 2.24) is 20.0 Å². The number of aromatic nitrogens is 4. The van der Waals surface area contributed by atoms with Gasteiger partial charge in [0.1, 0.15) is 0 Å². The van der Waals surface area contributed by atoms with Gasteiger partial charge in [0.25, 0.3) is 10.0 Å². The van der Waals surface area contributed by atoms with Crippen LogP contribution < -0.4 is 4.72 Å². The molecule has 0 saturated heterocycles. The van der Waals surface area contributed by atoms with E-state index in [9.17, 15) is 8.42 Å². The Morgan fingerprint density at radius 2 is 2.05 bits per heavy atom. The Balaban J connectivity index is 2.40. The number of hydrogen-bond acceptors (Lipinski definition) is 4. The van der Waals surface area contributed by atoms with Gasteiger partial charge in [-0.1, -0.05) is 0 Å². The number of sulfonamides is 1. The minimum Gasteiger partial charge on any atom is -0.275 e. The third-order valence-electron chi connectivity index (χ3n) is 2.82. The molecule has 19 heavy (non-hydrogen) atoms. The second-order valence-corrected chi connectivity index (χ2v) is 6.26. The summed E-state index contributed by atoms with van der Waals surface area (Å²) in [6.45, 7) is 7.60. The van der Waals surface area contributed by atoms with Gasteiger partial charge < -0.3 is 0 Å². The highest BCUT2D eigenvalue weighted by Gasteiger charge is 2.21. The molecule has 0 fully saturated rings. The van der Waals surface area contributed by atoms with Gasteiger partial charge in [-0.3, -0.25) is 14.5 Å². The van der Waals surface area contributed by atoms with E-state index in [0.717, 1.165) is 5.69 Å². The van der Waals surface area contributed by atoms with Crippen LogP contribution in [0.1, 0.15) is 31.3 Å². The van der Waals surface area contributed by atoms with Crippen molar-refractivity contribution >= 4 is 15.7 Å². The van der Waals surface area contributed by atoms with Crippen molar-refractivity contribution in [3.63, 3.8) is 0 Å². The van der Waals surface area contributed by atoms with Crippen molar-refractivity contribution in [2.45, 2.75) is 38.8 Å². The van der Waals surface area contributed by atoms with E-state index < -0.39 is 10.0 Å². The lowest BCUT2D eigenvalue weighted by Gasteiger charge is -2.09. The first-order valence-corrected chi connectivity index (χ1v) is 7.39. The molecule has 104 valence electrons. The van der Waals surface area contributed by atoms with Crippen LogP contribution in [0.2, 0.25) is 0 Å². The third kappa shape index (κ3) is 2.48. The summed E-state index contributed by atoms with van der Waals surface area (Å²) in [7, 11) is -3.65. The van der Waals surface area contributed by atoms with E-state index in [1.807, 2.05) is 20.8 Å². The molecule has 2 heterocycles. The largest absolute Gasteiger partial charge is 0.278 e. The van der Waals surface area contributed by atoms with Gasteiger partial charge in [-0.25, -0.2) is 0 Å². The van der Waals surface area contributed by atoms with Gasteiger partial charge in [-0.15, -0.1) is 0 Å². The zero-order chi connectivity index (χ0) is 14.2. The maximum absolute atomic E-state index is 12.1. The van der Waals surface area contributed by atoms with Crippen LogP contribution >= 0.6 is 0 Å². The molecule has 0 aliphatic carbocycles. The van der Waals surface area contributed by atoms with Crippen molar-refractivity contribution < 1.29 is 8.42 Å². The van der Waals surface area contributed by atoms with Crippen molar-refractivity contribution in [2.75, 3.05) is 4.72 Å². The lowest BCUT2D eigenvalue weighted by atomic mass is 10.3. The molecule has 8 heteroatoms. The lowest BCUT2D eigenvalue weighted by molar-refractivity contribution is 0.516. The van der Waals surface area contributed by atoms with Crippen molar-refractivity contribution in [3.8, 4) is 0 Å². The summed E-state index contributed by atoms with van der Waals surface area (Å²) in [5.74, 6) is 0. The van der Waals surface area contributed by atoms with Crippen LogP contribution in [-0.2, 0) is 10.0 Å². The zero-order valence-electron chi connectivity index (χ0n) is 11.3. The van der Waals surface area contributed by atoms with Gasteiger partial charge in [0.05, 0.1) is 23.3 Å². The maximum Gasteiger partial charge on any atom is 0.278 e. The second kappa shape index (κ2) is 4.69. The molecule has 0 atom stereocenters. The Kier molecular flexibility index (Phi) is 3.36. The van der Waals surface area contributed by atoms with Gasteiger partial charge in [0.2, 0.25) is 0 Å². The predicted octanol–water partition coefficient (Wildman–Crippen LogP) is 1.60. The summed E-state index contributed by atoms with van der Waals surface area (Å²) < 4.78 is 28.6. The Morgan fingerprint density at radius 1 is 1.37 bits per heavy atom. The molecule has 0 bridgehead atoms. The van der Waals surface area contributed by atoms with Crippen LogP contribution in [0.25, 0.3) is 0 Å². The molecule has 0 amide bonds. The van der Waals surface area contributed by atoms with Crippen LogP contribution in [0, 0.1) is 13.8 Å². The van der Waals surface area contributed by atoms with Gasteiger partial charge >= 0.3 is 0 Å². The first-order valence-electron chi connectivity index (χ1n) is 5.91. The van der Waals surface area contributed by atoms with Crippen LogP contribution in [0.5, 0.6) is 0 Å². The molecular weight excluding hydrogens is 266 g/mol. The summed E-state index contributed by atoms with van der Waals surface area (Å²) in [5.41, 5.74) is 1.95. The average Bonchev–Trinajstić information content (AvgIpc) is 2.92. The fourth-order valence-electron chi connectivity index (χ4n) is 1.90. The summed E-state index contributed by atoms with van der Waals surface area (Å²) in [6, 6.07) is 1.57. The number of nitrogens with zero attached hydrogens (tertiary/aromatic N) is 3. The van der Waals surface area contributed by atoms with E-state index in [4.69, 9.17) is 0 Å². The second-order valence-electron chi connectivity index (χ2n) is 4.61. The lowest BCUT2D eigenvalue weighted by Crippen LogP contribution is -2.15. The highest BCUT2D eigenvalue weighted by Crippen LogP contribution is 2.24. The molecule has 2 aromatic rings. The zero-order valence-corrected chi connectivity index (χ0v) is 12.1. The first-order chi connectivity index (χ1) is 8.83. The minimum atomic E-state index is -3.65. The summed E-state index contributed by atoms with van der Waals surface area (Å²) >= 11 is 0. The number of anilines is 1. The quantitative estimate of drug-likeness (QED) is 0.891. The number of aromatic amines is 1. The highest BCUT2D eigenvalue weighted by atomic mass is 32.2. The monoisotopic (exact) mass is 283 g/mol. The molecular formula is C11H17N5O2S. The van der Waals surface area contributed by atoms with E-state index in [1.165, 1.54) is 12.3 Å². The molecule has 2 rings (SSSR count). The maximum atomic E-state index is 12.1. The third-order valence-corrected chi connectivity index (χ3v) is 4.09. The van der Waals surface area contributed by atoms with E-state index >= 15 is 0 Å². The highest BCUT2D eigenvalue weighted by molar-refractivity contribution is 7.92. The normalized spacial score (nSPS) is 12.1. The Bertz CT molecular complexity index is 670. The van der Waals surface area contributed by atoms with Gasteiger partial charge in [0.15, 0.2) is 5.03 Å². The molecule has 2 N–H and O–H groups in total. The molecule has 0 aliphatic heterocycles. The van der Waals surface area contributed by atoms with E-state index in [2.05, 4.69) is 20.0 Å². The number of nitrogens with one attached hydrogen (secondary N) is 2. The van der Waals surface area contributed by atoms with Crippen LogP contribution in [0.4, 0.5) is 5.69 Å². The number of hydrogen-bond donors (Lipinski definition) is 2. The molecule has 0 aliphatic rings. The first kappa shape index (κ1) is 13.6. The van der Waals surface area contributed by atoms with Crippen LogP contribution in [-0.4, -0.2) is 28.4 Å². The van der Waals surface area contributed by atoms with Gasteiger partial charge in [0, 0.05) is 6.04 Å². The topological polar surface area (TPSA) is 92.7 Å². The number of H-pyrrole nitrogens is 1. The van der Waals surface area contributed by atoms with Crippen molar-refractivity contribution in [2.24, 2.45) is 0 Å². The fourth-order valence-corrected chi connectivity index (χ4v) is 2.98. The average molecular weight is 283 g/mol. The van der Waals surface area contributed by atoms with Crippen LogP contribution in [0.15, 0.2) is 17.3 Å². The number of rotatable bonds is 4. The van der Waals surface area contributed by atoms with Crippen molar-refractivity contribution in [3.05, 3.63) is 23.7 Å². The summed E-state index contributed by atoms with van der Waals surface area (Å²) in [6.07, 6.45) is 1.39. The smallest absolute Gasteiger partial charge is 0.275 e. The van der Waals surface area contributed by atoms with E-state index in [1.54, 1.807) is 11.6 Å². The summed E-state index contributed by atoms with van der Waals surface area (Å²) in [4.78, 5) is 0. The Hall–Kier alpha value is -1.83. The number of aryl methyl sites for hydroxylation is 1. The van der Waals surface area contributed by atoms with Gasteiger partial charge in [-0.2, -0.15) is 18.6 Å². The van der Waals surface area contributed by atoms with E-state index in [0.29, 0.717) is 11.4 Å². The summed E-state index contributed by atoms with van der Waals surface area (Å²) in [5, 5.41) is 10.5. The fraction of sp³-hybridized carbons (Fsp3) is 0.455. The molecule has 0 saturated carbocycles. The standard InChI is InChI=1S/C11H17N5O2S/c1-7(2)16-9(4)11(8(3)14-16)15-19(17,18)10-5-6-12-13-10/h5-7,15H,1-4H3,(H,12,13). The molecule has 0 spiro atoms. The Labute approximate surface area is 112 Å². The predicted molar refractivity (Wildman–Crippen MR) is 71.5 cm³/mol. The Morgan fingerprint density at radius 3 is 2.53 bits per heavy atom. The molecule has 7 nitrogen and oxygen atoms in total. The van der Waals surface area contributed by atoms with Gasteiger partial charge in [-0.05, 0) is 33.8 Å². The SMILES string of the molecule is Cc1nn(C(C)C)c(C)c1NS(=O)(=O)c1ccn[nH]1. The molecule has 0 radical (unpaired) electrons. The molecule has 0 aromatic carbocycles. The molecule has 2 aromatic heterocycles. The van der Waals surface area contributed by atoms with Crippen LogP contribution in [0.3, 0.4) is 0 Å². The molecule has 0 unspecified atom stereocenters.